The lowest BCUT2D eigenvalue weighted by Gasteiger charge is -2.14. The fourth-order valence-electron chi connectivity index (χ4n) is 2.15. The molecule has 22 heavy (non-hydrogen) atoms. The zero-order chi connectivity index (χ0) is 16.1. The molecule has 1 aromatic rings. The molecule has 1 aromatic carbocycles. The minimum Gasteiger partial charge on any atom is -0.376 e. The van der Waals surface area contributed by atoms with E-state index in [0.29, 0.717) is 17.7 Å². The molecule has 1 aliphatic rings. The minimum atomic E-state index is -0.467. The van der Waals surface area contributed by atoms with Gasteiger partial charge in [0, 0.05) is 18.7 Å². The Morgan fingerprint density at radius 2 is 2.23 bits per heavy atom. The first-order valence-corrected chi connectivity index (χ1v) is 7.71. The van der Waals surface area contributed by atoms with Gasteiger partial charge in [0.2, 0.25) is 0 Å². The molecule has 1 aliphatic heterocycles. The average molecular weight is 347 g/mol. The largest absolute Gasteiger partial charge is 0.376 e. The summed E-state index contributed by atoms with van der Waals surface area (Å²) in [7, 11) is 0. The van der Waals surface area contributed by atoms with Gasteiger partial charge in [-0.05, 0) is 31.4 Å². The summed E-state index contributed by atoms with van der Waals surface area (Å²) in [5, 5.41) is 5.23. The highest BCUT2D eigenvalue weighted by Crippen LogP contribution is 2.23. The Morgan fingerprint density at radius 1 is 1.45 bits per heavy atom. The predicted octanol–water partition coefficient (Wildman–Crippen LogP) is 3.72. The van der Waals surface area contributed by atoms with E-state index in [1.54, 1.807) is 19.1 Å². The van der Waals surface area contributed by atoms with Crippen LogP contribution in [0.1, 0.15) is 24.0 Å². The number of hydrogen-bond acceptors (Lipinski definition) is 2. The van der Waals surface area contributed by atoms with Gasteiger partial charge in [-0.25, -0.2) is 9.18 Å². The van der Waals surface area contributed by atoms with E-state index in [-0.39, 0.29) is 16.3 Å². The normalized spacial score (nSPS) is 17.2. The summed E-state index contributed by atoms with van der Waals surface area (Å²) in [5.74, 6) is -0.397. The third-order valence-electron chi connectivity index (χ3n) is 3.40. The first-order chi connectivity index (χ1) is 10.5. The number of carbonyl (C=O) groups excluding carboxylic acids is 1. The summed E-state index contributed by atoms with van der Waals surface area (Å²) < 4.78 is 18.9. The molecule has 1 saturated heterocycles. The van der Waals surface area contributed by atoms with Gasteiger partial charge in [-0.15, -0.1) is 0 Å². The van der Waals surface area contributed by atoms with E-state index in [1.807, 2.05) is 0 Å². The van der Waals surface area contributed by atoms with Crippen LogP contribution < -0.4 is 10.6 Å². The second-order valence-corrected chi connectivity index (χ2v) is 6.02. The highest BCUT2D eigenvalue weighted by Gasteiger charge is 2.17. The third kappa shape index (κ3) is 4.60. The summed E-state index contributed by atoms with van der Waals surface area (Å²) >= 11 is 11.6. The summed E-state index contributed by atoms with van der Waals surface area (Å²) in [6.45, 7) is 2.77. The molecule has 0 saturated carbocycles. The quantitative estimate of drug-likeness (QED) is 0.872. The van der Waals surface area contributed by atoms with Crippen molar-refractivity contribution in [2.75, 3.05) is 13.2 Å². The first-order valence-electron chi connectivity index (χ1n) is 6.95. The van der Waals surface area contributed by atoms with E-state index in [1.165, 1.54) is 6.07 Å². The highest BCUT2D eigenvalue weighted by molar-refractivity contribution is 6.58. The number of nitrogens with one attached hydrogen (secondary N) is 2. The second-order valence-electron chi connectivity index (χ2n) is 5.07. The maximum absolute atomic E-state index is 13.6. The van der Waals surface area contributed by atoms with Gasteiger partial charge >= 0.3 is 6.03 Å². The molecule has 1 heterocycles. The van der Waals surface area contributed by atoms with E-state index in [9.17, 15) is 9.18 Å². The Balaban J connectivity index is 2.01. The molecule has 7 heteroatoms. The lowest BCUT2D eigenvalue weighted by molar-refractivity contribution is 0.111. The van der Waals surface area contributed by atoms with Crippen LogP contribution >= 0.6 is 23.2 Å². The molecule has 2 N–H and O–H groups in total. The van der Waals surface area contributed by atoms with Crippen LogP contribution in [0.25, 0.3) is 5.70 Å². The van der Waals surface area contributed by atoms with Crippen molar-refractivity contribution in [3.8, 4) is 0 Å². The summed E-state index contributed by atoms with van der Waals surface area (Å²) in [4.78, 5) is 11.9. The number of amides is 2. The Hall–Kier alpha value is -1.30. The molecule has 0 spiro atoms. The number of ether oxygens (including phenoxy) is 1. The van der Waals surface area contributed by atoms with Gasteiger partial charge in [-0.1, -0.05) is 35.3 Å². The van der Waals surface area contributed by atoms with Crippen molar-refractivity contribution in [3.63, 3.8) is 0 Å². The second kappa shape index (κ2) is 7.81. The van der Waals surface area contributed by atoms with Gasteiger partial charge in [0.25, 0.3) is 0 Å². The molecule has 0 aromatic heterocycles. The van der Waals surface area contributed by atoms with E-state index in [0.717, 1.165) is 19.4 Å². The Kier molecular flexibility index (Phi) is 6.06. The van der Waals surface area contributed by atoms with Crippen LogP contribution in [0.2, 0.25) is 0 Å². The van der Waals surface area contributed by atoms with Crippen LogP contribution in [0.15, 0.2) is 22.7 Å². The number of rotatable bonds is 4. The Bertz CT molecular complexity index is 583. The molecular formula is C15H17Cl2FN2O2. The fraction of sp³-hybridized carbons (Fsp3) is 0.400. The van der Waals surface area contributed by atoms with Crippen LogP contribution in [0.5, 0.6) is 0 Å². The molecule has 4 nitrogen and oxygen atoms in total. The number of aryl methyl sites for hydroxylation is 1. The third-order valence-corrected chi connectivity index (χ3v) is 3.78. The van der Waals surface area contributed by atoms with Crippen LogP contribution in [0, 0.1) is 12.7 Å². The van der Waals surface area contributed by atoms with E-state index in [2.05, 4.69) is 10.6 Å². The number of benzene rings is 1. The van der Waals surface area contributed by atoms with Gasteiger partial charge in [-0.2, -0.15) is 0 Å². The van der Waals surface area contributed by atoms with Gasteiger partial charge in [0.05, 0.1) is 11.8 Å². The lowest BCUT2D eigenvalue weighted by atomic mass is 10.1. The number of urea groups is 1. The van der Waals surface area contributed by atoms with Crippen molar-refractivity contribution in [1.29, 1.82) is 0 Å². The number of halogens is 3. The molecule has 0 aliphatic carbocycles. The number of hydrogen-bond donors (Lipinski definition) is 2. The van der Waals surface area contributed by atoms with E-state index < -0.39 is 11.8 Å². The van der Waals surface area contributed by atoms with Crippen LogP contribution in [-0.4, -0.2) is 25.3 Å². The van der Waals surface area contributed by atoms with Crippen molar-refractivity contribution >= 4 is 34.9 Å². The summed E-state index contributed by atoms with van der Waals surface area (Å²) in [6.07, 6.45) is 1.94. The van der Waals surface area contributed by atoms with Crippen LogP contribution in [0.3, 0.4) is 0 Å². The average Bonchev–Trinajstić information content (AvgIpc) is 2.98. The maximum Gasteiger partial charge on any atom is 0.319 e. The van der Waals surface area contributed by atoms with Crippen molar-refractivity contribution in [1.82, 2.24) is 10.6 Å². The zero-order valence-electron chi connectivity index (χ0n) is 12.1. The molecule has 0 radical (unpaired) electrons. The molecule has 2 rings (SSSR count). The molecule has 1 fully saturated rings. The summed E-state index contributed by atoms with van der Waals surface area (Å²) in [5.41, 5.74) is 1.05. The van der Waals surface area contributed by atoms with Gasteiger partial charge in [0.15, 0.2) is 0 Å². The monoisotopic (exact) mass is 346 g/mol. The molecule has 120 valence electrons. The maximum atomic E-state index is 13.6. The summed E-state index contributed by atoms with van der Waals surface area (Å²) in [6, 6.07) is 4.03. The first kappa shape index (κ1) is 17.1. The Labute approximate surface area is 138 Å². The van der Waals surface area contributed by atoms with Crippen molar-refractivity contribution in [3.05, 3.63) is 39.6 Å². The topological polar surface area (TPSA) is 50.4 Å². The molecule has 0 bridgehead atoms. The van der Waals surface area contributed by atoms with Crippen molar-refractivity contribution in [2.24, 2.45) is 0 Å². The van der Waals surface area contributed by atoms with Gasteiger partial charge < -0.3 is 15.4 Å². The predicted molar refractivity (Wildman–Crippen MR) is 85.3 cm³/mol. The molecule has 2 amide bonds. The van der Waals surface area contributed by atoms with Crippen molar-refractivity contribution in [2.45, 2.75) is 25.9 Å². The molecule has 0 unspecified atom stereocenters. The number of carbonyl (C=O) groups is 1. The SMILES string of the molecule is Cc1ccc(C(NC(=O)NC[C@@H]2CCCO2)=C(Cl)Cl)cc1F. The lowest BCUT2D eigenvalue weighted by Crippen LogP contribution is -2.39. The zero-order valence-corrected chi connectivity index (χ0v) is 13.6. The van der Waals surface area contributed by atoms with E-state index >= 15 is 0 Å². The van der Waals surface area contributed by atoms with E-state index in [4.69, 9.17) is 27.9 Å². The highest BCUT2D eigenvalue weighted by atomic mass is 35.5. The van der Waals surface area contributed by atoms with Gasteiger partial charge in [0.1, 0.15) is 10.3 Å². The van der Waals surface area contributed by atoms with Crippen LogP contribution in [0.4, 0.5) is 9.18 Å². The van der Waals surface area contributed by atoms with Crippen LogP contribution in [-0.2, 0) is 4.74 Å². The van der Waals surface area contributed by atoms with Crippen molar-refractivity contribution < 1.29 is 13.9 Å². The minimum absolute atomic E-state index is 0.0291. The molecule has 1 atom stereocenters. The smallest absolute Gasteiger partial charge is 0.319 e. The fourth-order valence-corrected chi connectivity index (χ4v) is 2.46. The standard InChI is InChI=1S/C15H17Cl2FN2O2/c1-9-4-5-10(7-12(9)18)13(14(16)17)20-15(21)19-8-11-3-2-6-22-11/h4-5,7,11H,2-3,6,8H2,1H3,(H2,19,20,21)/t11-/m0/s1. The Morgan fingerprint density at radius 3 is 2.82 bits per heavy atom. The van der Waals surface area contributed by atoms with Gasteiger partial charge in [-0.3, -0.25) is 0 Å². The molecular weight excluding hydrogens is 330 g/mol.